The molecule has 0 aliphatic carbocycles. The van der Waals surface area contributed by atoms with E-state index in [-0.39, 0.29) is 11.9 Å². The molecule has 1 unspecified atom stereocenters. The zero-order chi connectivity index (χ0) is 13.3. The summed E-state index contributed by atoms with van der Waals surface area (Å²) in [5, 5.41) is 0. The second kappa shape index (κ2) is 4.86. The number of aromatic nitrogens is 1. The molecule has 0 bridgehead atoms. The lowest BCUT2D eigenvalue weighted by atomic mass is 9.97. The van der Waals surface area contributed by atoms with Crippen LogP contribution in [0.4, 0.5) is 4.39 Å². The molecule has 18 heavy (non-hydrogen) atoms. The fraction of sp³-hybridized carbons (Fsp3) is 0.267. The maximum Gasteiger partial charge on any atom is 0.126 e. The van der Waals surface area contributed by atoms with Crippen molar-refractivity contribution >= 4 is 0 Å². The Morgan fingerprint density at radius 2 is 1.83 bits per heavy atom. The van der Waals surface area contributed by atoms with Crippen molar-refractivity contribution in [2.24, 2.45) is 5.73 Å². The first kappa shape index (κ1) is 12.7. The number of nitrogens with two attached hydrogens (primary N) is 1. The van der Waals surface area contributed by atoms with Crippen molar-refractivity contribution in [2.45, 2.75) is 26.8 Å². The zero-order valence-electron chi connectivity index (χ0n) is 10.9. The Morgan fingerprint density at radius 1 is 1.11 bits per heavy atom. The summed E-state index contributed by atoms with van der Waals surface area (Å²) in [5.74, 6) is -0.204. The smallest absolute Gasteiger partial charge is 0.126 e. The van der Waals surface area contributed by atoms with Gasteiger partial charge in [-0.1, -0.05) is 18.2 Å². The van der Waals surface area contributed by atoms with Gasteiger partial charge >= 0.3 is 0 Å². The van der Waals surface area contributed by atoms with Crippen LogP contribution in [0.15, 0.2) is 30.3 Å². The van der Waals surface area contributed by atoms with Crippen molar-refractivity contribution in [3.05, 3.63) is 64.2 Å². The van der Waals surface area contributed by atoms with Crippen LogP contribution in [0.5, 0.6) is 0 Å². The Labute approximate surface area is 107 Å². The largest absolute Gasteiger partial charge is 0.320 e. The standard InChI is InChI=1S/C15H17FN2/c1-9-8-12(5-7-14(9)16)15(17)13-6-4-10(2)18-11(13)3/h4-8,15H,17H2,1-3H3. The van der Waals surface area contributed by atoms with E-state index in [0.29, 0.717) is 5.56 Å². The van der Waals surface area contributed by atoms with E-state index in [2.05, 4.69) is 4.98 Å². The van der Waals surface area contributed by atoms with Crippen LogP contribution in [0, 0.1) is 26.6 Å². The molecule has 2 nitrogen and oxygen atoms in total. The van der Waals surface area contributed by atoms with E-state index >= 15 is 0 Å². The van der Waals surface area contributed by atoms with E-state index in [1.54, 1.807) is 19.1 Å². The molecule has 0 amide bonds. The number of aryl methyl sites for hydroxylation is 3. The summed E-state index contributed by atoms with van der Waals surface area (Å²) in [4.78, 5) is 4.41. The lowest BCUT2D eigenvalue weighted by Gasteiger charge is -2.15. The molecule has 2 rings (SSSR count). The van der Waals surface area contributed by atoms with Crippen LogP contribution < -0.4 is 5.73 Å². The Kier molecular flexibility index (Phi) is 3.43. The van der Waals surface area contributed by atoms with Gasteiger partial charge in [0.25, 0.3) is 0 Å². The van der Waals surface area contributed by atoms with Gasteiger partial charge in [0.15, 0.2) is 0 Å². The van der Waals surface area contributed by atoms with Crippen LogP contribution in [0.25, 0.3) is 0 Å². The maximum atomic E-state index is 13.2. The van der Waals surface area contributed by atoms with Crippen LogP contribution in [0.3, 0.4) is 0 Å². The normalized spacial score (nSPS) is 12.5. The first-order valence-corrected chi connectivity index (χ1v) is 5.95. The van der Waals surface area contributed by atoms with Crippen molar-refractivity contribution in [1.82, 2.24) is 4.98 Å². The van der Waals surface area contributed by atoms with E-state index in [0.717, 1.165) is 22.5 Å². The highest BCUT2D eigenvalue weighted by Gasteiger charge is 2.13. The van der Waals surface area contributed by atoms with Crippen LogP contribution in [0.1, 0.15) is 34.1 Å². The molecule has 94 valence electrons. The van der Waals surface area contributed by atoms with Crippen molar-refractivity contribution in [3.8, 4) is 0 Å². The molecule has 1 aromatic heterocycles. The summed E-state index contributed by atoms with van der Waals surface area (Å²) < 4.78 is 13.2. The highest BCUT2D eigenvalue weighted by atomic mass is 19.1. The minimum absolute atomic E-state index is 0.204. The quantitative estimate of drug-likeness (QED) is 0.881. The number of rotatable bonds is 2. The number of benzene rings is 1. The Bertz CT molecular complexity index is 579. The highest BCUT2D eigenvalue weighted by molar-refractivity contribution is 5.36. The van der Waals surface area contributed by atoms with Crippen LogP contribution in [-0.4, -0.2) is 4.98 Å². The van der Waals surface area contributed by atoms with Crippen molar-refractivity contribution in [1.29, 1.82) is 0 Å². The third kappa shape index (κ3) is 2.41. The van der Waals surface area contributed by atoms with E-state index in [9.17, 15) is 4.39 Å². The summed E-state index contributed by atoms with van der Waals surface area (Å²) >= 11 is 0. The van der Waals surface area contributed by atoms with Gasteiger partial charge in [-0.05, 0) is 49.6 Å². The zero-order valence-corrected chi connectivity index (χ0v) is 10.9. The maximum absolute atomic E-state index is 13.2. The third-order valence-corrected chi connectivity index (χ3v) is 3.14. The molecular formula is C15H17FN2. The molecule has 3 heteroatoms. The summed E-state index contributed by atoms with van der Waals surface area (Å²) in [6.45, 7) is 5.63. The van der Waals surface area contributed by atoms with Crippen molar-refractivity contribution in [2.75, 3.05) is 0 Å². The predicted molar refractivity (Wildman–Crippen MR) is 70.9 cm³/mol. The van der Waals surface area contributed by atoms with Gasteiger partial charge in [-0.2, -0.15) is 0 Å². The molecule has 0 aliphatic heterocycles. The van der Waals surface area contributed by atoms with Gasteiger partial charge in [0.05, 0.1) is 6.04 Å². The van der Waals surface area contributed by atoms with Gasteiger partial charge in [-0.25, -0.2) is 4.39 Å². The average Bonchev–Trinajstić information content (AvgIpc) is 2.32. The molecule has 2 aromatic rings. The number of hydrogen-bond donors (Lipinski definition) is 1. The molecule has 1 atom stereocenters. The van der Waals surface area contributed by atoms with Crippen LogP contribution >= 0.6 is 0 Å². The summed E-state index contributed by atoms with van der Waals surface area (Å²) in [7, 11) is 0. The Hall–Kier alpha value is -1.74. The van der Waals surface area contributed by atoms with Gasteiger partial charge in [0.2, 0.25) is 0 Å². The number of halogens is 1. The predicted octanol–water partition coefficient (Wildman–Crippen LogP) is 3.19. The van der Waals surface area contributed by atoms with Gasteiger partial charge < -0.3 is 5.73 Å². The van der Waals surface area contributed by atoms with Crippen molar-refractivity contribution < 1.29 is 4.39 Å². The van der Waals surface area contributed by atoms with E-state index in [1.165, 1.54) is 6.07 Å². The first-order chi connectivity index (χ1) is 8.49. The third-order valence-electron chi connectivity index (χ3n) is 3.14. The summed E-state index contributed by atoms with van der Waals surface area (Å²) in [5.41, 5.74) is 10.6. The summed E-state index contributed by atoms with van der Waals surface area (Å²) in [6, 6.07) is 8.64. The number of pyridine rings is 1. The monoisotopic (exact) mass is 244 g/mol. The topological polar surface area (TPSA) is 38.9 Å². The fourth-order valence-corrected chi connectivity index (χ4v) is 2.07. The molecule has 0 radical (unpaired) electrons. The SMILES string of the molecule is Cc1ccc(C(N)c2ccc(F)c(C)c2)c(C)n1. The van der Waals surface area contributed by atoms with E-state index < -0.39 is 0 Å². The summed E-state index contributed by atoms with van der Waals surface area (Å²) in [6.07, 6.45) is 0. The lowest BCUT2D eigenvalue weighted by molar-refractivity contribution is 0.617. The van der Waals surface area contributed by atoms with E-state index in [4.69, 9.17) is 5.73 Å². The van der Waals surface area contributed by atoms with Gasteiger partial charge in [-0.3, -0.25) is 4.98 Å². The van der Waals surface area contributed by atoms with Gasteiger partial charge in [0.1, 0.15) is 5.82 Å². The molecular weight excluding hydrogens is 227 g/mol. The van der Waals surface area contributed by atoms with Crippen LogP contribution in [0.2, 0.25) is 0 Å². The van der Waals surface area contributed by atoms with Crippen LogP contribution in [-0.2, 0) is 0 Å². The first-order valence-electron chi connectivity index (χ1n) is 5.95. The minimum atomic E-state index is -0.266. The minimum Gasteiger partial charge on any atom is -0.320 e. The highest BCUT2D eigenvalue weighted by Crippen LogP contribution is 2.23. The molecule has 0 spiro atoms. The molecule has 0 saturated carbocycles. The lowest BCUT2D eigenvalue weighted by Crippen LogP contribution is -2.14. The second-order valence-electron chi connectivity index (χ2n) is 4.61. The van der Waals surface area contributed by atoms with Crippen molar-refractivity contribution in [3.63, 3.8) is 0 Å². The molecule has 2 N–H and O–H groups in total. The molecule has 0 aliphatic rings. The molecule has 0 saturated heterocycles. The fourth-order valence-electron chi connectivity index (χ4n) is 2.07. The molecule has 1 aromatic carbocycles. The van der Waals surface area contributed by atoms with Gasteiger partial charge in [0, 0.05) is 11.4 Å². The van der Waals surface area contributed by atoms with E-state index in [1.807, 2.05) is 26.0 Å². The molecule has 0 fully saturated rings. The molecule has 1 heterocycles. The second-order valence-corrected chi connectivity index (χ2v) is 4.61. The van der Waals surface area contributed by atoms with Gasteiger partial charge in [-0.15, -0.1) is 0 Å². The Balaban J connectivity index is 2.41. The average molecular weight is 244 g/mol. The number of nitrogens with zero attached hydrogens (tertiary/aromatic N) is 1. The Morgan fingerprint density at radius 3 is 2.44 bits per heavy atom. The number of hydrogen-bond acceptors (Lipinski definition) is 2.